The van der Waals surface area contributed by atoms with Gasteiger partial charge < -0.3 is 15.7 Å². The molecule has 1 heterocycles. The quantitative estimate of drug-likeness (QED) is 0.385. The van der Waals surface area contributed by atoms with Crippen LogP contribution < -0.4 is 10.6 Å². The van der Waals surface area contributed by atoms with E-state index >= 15 is 0 Å². The van der Waals surface area contributed by atoms with Crippen molar-refractivity contribution in [1.29, 1.82) is 0 Å². The molecule has 0 aromatic carbocycles. The summed E-state index contributed by atoms with van der Waals surface area (Å²) in [5.74, 6) is 0.748. The Labute approximate surface area is 127 Å². The van der Waals surface area contributed by atoms with E-state index in [-0.39, 0.29) is 0 Å². The number of hydrogen-bond acceptors (Lipinski definition) is 3. The van der Waals surface area contributed by atoms with E-state index in [1.165, 1.54) is 12.8 Å². The molecule has 0 aliphatic rings. The average molecular weight is 295 g/mol. The molecular formula is C15H29N5O. The van der Waals surface area contributed by atoms with Gasteiger partial charge >= 0.3 is 0 Å². The molecule has 0 aliphatic carbocycles. The molecule has 1 atom stereocenters. The Bertz CT molecular complexity index is 439. The zero-order valence-electron chi connectivity index (χ0n) is 13.7. The van der Waals surface area contributed by atoms with Crippen molar-refractivity contribution in [1.82, 2.24) is 20.4 Å². The Morgan fingerprint density at radius 2 is 2.14 bits per heavy atom. The van der Waals surface area contributed by atoms with Gasteiger partial charge in [-0.05, 0) is 20.3 Å². The van der Waals surface area contributed by atoms with Gasteiger partial charge in [-0.3, -0.25) is 4.68 Å². The van der Waals surface area contributed by atoms with Gasteiger partial charge in [0.05, 0.1) is 12.7 Å². The number of unbranched alkanes of at least 4 members (excludes halogenated alkanes) is 2. The van der Waals surface area contributed by atoms with Gasteiger partial charge in [0, 0.05) is 31.9 Å². The molecule has 0 amide bonds. The molecule has 1 rings (SSSR count). The van der Waals surface area contributed by atoms with Crippen molar-refractivity contribution < 1.29 is 5.11 Å². The second-order valence-electron chi connectivity index (χ2n) is 5.51. The molecule has 21 heavy (non-hydrogen) atoms. The van der Waals surface area contributed by atoms with Crippen LogP contribution in [0.1, 0.15) is 45.6 Å². The van der Waals surface area contributed by atoms with Crippen molar-refractivity contribution in [3.05, 3.63) is 18.0 Å². The number of guanidine groups is 1. The third-order valence-electron chi connectivity index (χ3n) is 3.29. The first-order valence-electron chi connectivity index (χ1n) is 7.73. The van der Waals surface area contributed by atoms with Gasteiger partial charge in [-0.15, -0.1) is 0 Å². The van der Waals surface area contributed by atoms with Crippen molar-refractivity contribution >= 4 is 5.96 Å². The van der Waals surface area contributed by atoms with Crippen LogP contribution in [0.3, 0.4) is 0 Å². The predicted octanol–water partition coefficient (Wildman–Crippen LogP) is 1.37. The fraction of sp³-hybridized carbons (Fsp3) is 0.733. The molecule has 0 saturated heterocycles. The average Bonchev–Trinajstić information content (AvgIpc) is 2.88. The van der Waals surface area contributed by atoms with Crippen LogP contribution in [0.4, 0.5) is 0 Å². The first kappa shape index (κ1) is 17.5. The van der Waals surface area contributed by atoms with Crippen LogP contribution >= 0.6 is 0 Å². The maximum absolute atomic E-state index is 10.5. The van der Waals surface area contributed by atoms with Gasteiger partial charge in [-0.2, -0.15) is 5.10 Å². The highest BCUT2D eigenvalue weighted by molar-refractivity contribution is 5.79. The lowest BCUT2D eigenvalue weighted by Gasteiger charge is -2.20. The number of aromatic nitrogens is 2. The molecule has 0 radical (unpaired) electrons. The summed E-state index contributed by atoms with van der Waals surface area (Å²) in [6.45, 7) is 7.96. The molecule has 6 nitrogen and oxygen atoms in total. The lowest BCUT2D eigenvalue weighted by Crippen LogP contribution is -2.39. The van der Waals surface area contributed by atoms with Gasteiger partial charge in [0.15, 0.2) is 5.96 Å². The summed E-state index contributed by atoms with van der Waals surface area (Å²) >= 11 is 0. The third-order valence-corrected chi connectivity index (χ3v) is 3.29. The lowest BCUT2D eigenvalue weighted by molar-refractivity contribution is 0.0672. The fourth-order valence-electron chi connectivity index (χ4n) is 1.95. The van der Waals surface area contributed by atoms with Crippen LogP contribution in [-0.2, 0) is 12.6 Å². The molecule has 1 aromatic heterocycles. The minimum atomic E-state index is -1.01. The SMILES string of the molecule is CCCCCNC(=NCC(C)(O)c1cnn(C)c1)NCC. The minimum absolute atomic E-state index is 0.293. The second kappa shape index (κ2) is 8.67. The normalized spacial score (nSPS) is 14.8. The van der Waals surface area contributed by atoms with Crippen LogP contribution in [0.25, 0.3) is 0 Å². The van der Waals surface area contributed by atoms with Crippen molar-refractivity contribution in [2.45, 2.75) is 45.6 Å². The smallest absolute Gasteiger partial charge is 0.191 e. The summed E-state index contributed by atoms with van der Waals surface area (Å²) in [6.07, 6.45) is 7.03. The Morgan fingerprint density at radius 1 is 1.38 bits per heavy atom. The van der Waals surface area contributed by atoms with Crippen LogP contribution in [0.15, 0.2) is 17.4 Å². The highest BCUT2D eigenvalue weighted by atomic mass is 16.3. The van der Waals surface area contributed by atoms with Gasteiger partial charge in [0.2, 0.25) is 0 Å². The monoisotopic (exact) mass is 295 g/mol. The summed E-state index contributed by atoms with van der Waals surface area (Å²) in [5.41, 5.74) is -0.240. The zero-order chi connectivity index (χ0) is 15.7. The van der Waals surface area contributed by atoms with E-state index < -0.39 is 5.60 Å². The Morgan fingerprint density at radius 3 is 2.71 bits per heavy atom. The van der Waals surface area contributed by atoms with E-state index in [4.69, 9.17) is 0 Å². The predicted molar refractivity (Wildman–Crippen MR) is 86.3 cm³/mol. The van der Waals surface area contributed by atoms with Crippen molar-refractivity contribution in [3.63, 3.8) is 0 Å². The van der Waals surface area contributed by atoms with Gasteiger partial charge in [-0.1, -0.05) is 19.8 Å². The Balaban J connectivity index is 2.59. The summed E-state index contributed by atoms with van der Waals surface area (Å²) in [5, 5.41) is 21.1. The van der Waals surface area contributed by atoms with Gasteiger partial charge in [0.25, 0.3) is 0 Å². The lowest BCUT2D eigenvalue weighted by atomic mass is 10.0. The maximum Gasteiger partial charge on any atom is 0.191 e. The molecule has 0 spiro atoms. The second-order valence-corrected chi connectivity index (χ2v) is 5.51. The fourth-order valence-corrected chi connectivity index (χ4v) is 1.95. The number of rotatable bonds is 8. The molecule has 1 aromatic rings. The molecule has 6 heteroatoms. The van der Waals surface area contributed by atoms with Crippen LogP contribution in [-0.4, -0.2) is 40.5 Å². The summed E-state index contributed by atoms with van der Waals surface area (Å²) < 4.78 is 1.68. The standard InChI is InChI=1S/C15H29N5O/c1-5-7-8-9-17-14(16-6-2)18-12-15(3,21)13-10-19-20(4)11-13/h10-11,21H,5-9,12H2,1-4H3,(H2,16,17,18). The molecule has 1 unspecified atom stereocenters. The molecule has 0 aliphatic heterocycles. The molecule has 0 bridgehead atoms. The maximum atomic E-state index is 10.5. The number of nitrogens with one attached hydrogen (secondary N) is 2. The van der Waals surface area contributed by atoms with E-state index in [1.54, 1.807) is 17.8 Å². The summed E-state index contributed by atoms with van der Waals surface area (Å²) in [4.78, 5) is 4.48. The van der Waals surface area contributed by atoms with Gasteiger partial charge in [-0.25, -0.2) is 4.99 Å². The summed E-state index contributed by atoms with van der Waals surface area (Å²) in [7, 11) is 1.84. The topological polar surface area (TPSA) is 74.5 Å². The number of aryl methyl sites for hydroxylation is 1. The van der Waals surface area contributed by atoms with E-state index in [1.807, 2.05) is 20.2 Å². The molecule has 120 valence electrons. The summed E-state index contributed by atoms with van der Waals surface area (Å²) in [6, 6.07) is 0. The highest BCUT2D eigenvalue weighted by Gasteiger charge is 2.24. The number of aliphatic imine (C=N–C) groups is 1. The first-order valence-corrected chi connectivity index (χ1v) is 7.73. The minimum Gasteiger partial charge on any atom is -0.383 e. The largest absolute Gasteiger partial charge is 0.383 e. The zero-order valence-corrected chi connectivity index (χ0v) is 13.7. The Kier molecular flexibility index (Phi) is 7.22. The molecule has 3 N–H and O–H groups in total. The first-order chi connectivity index (χ1) is 9.99. The van der Waals surface area contributed by atoms with Gasteiger partial charge in [0.1, 0.15) is 5.60 Å². The van der Waals surface area contributed by atoms with Crippen LogP contribution in [0.5, 0.6) is 0 Å². The number of hydrogen-bond donors (Lipinski definition) is 3. The highest BCUT2D eigenvalue weighted by Crippen LogP contribution is 2.19. The van der Waals surface area contributed by atoms with E-state index in [0.717, 1.165) is 31.0 Å². The van der Waals surface area contributed by atoms with Crippen molar-refractivity contribution in [3.8, 4) is 0 Å². The molecule has 0 fully saturated rings. The van der Waals surface area contributed by atoms with Crippen molar-refractivity contribution in [2.75, 3.05) is 19.6 Å². The third kappa shape index (κ3) is 6.16. The number of nitrogens with zero attached hydrogens (tertiary/aromatic N) is 3. The van der Waals surface area contributed by atoms with E-state index in [9.17, 15) is 5.11 Å². The van der Waals surface area contributed by atoms with Crippen molar-refractivity contribution in [2.24, 2.45) is 12.0 Å². The Hall–Kier alpha value is -1.56. The van der Waals surface area contributed by atoms with E-state index in [0.29, 0.717) is 6.54 Å². The molecule has 0 saturated carbocycles. The number of aliphatic hydroxyl groups is 1. The van der Waals surface area contributed by atoms with Crippen LogP contribution in [0, 0.1) is 0 Å². The van der Waals surface area contributed by atoms with Crippen LogP contribution in [0.2, 0.25) is 0 Å². The molecular weight excluding hydrogens is 266 g/mol. The van der Waals surface area contributed by atoms with E-state index in [2.05, 4.69) is 27.6 Å².